The van der Waals surface area contributed by atoms with Crippen molar-refractivity contribution in [2.75, 3.05) is 6.61 Å². The fourth-order valence-electron chi connectivity index (χ4n) is 2.47. The van der Waals surface area contributed by atoms with Crippen LogP contribution in [0, 0.1) is 5.92 Å². The molecule has 1 saturated carbocycles. The first-order valence-electron chi connectivity index (χ1n) is 6.94. The van der Waals surface area contributed by atoms with Crippen LogP contribution in [0.3, 0.4) is 0 Å². The van der Waals surface area contributed by atoms with Gasteiger partial charge in [0.1, 0.15) is 6.61 Å². The average Bonchev–Trinajstić information content (AvgIpc) is 2.92. The highest BCUT2D eigenvalue weighted by Crippen LogP contribution is 2.29. The summed E-state index contributed by atoms with van der Waals surface area (Å²) in [4.78, 5) is 12.0. The molecule has 1 amide bonds. The number of rotatable bonds is 5. The van der Waals surface area contributed by atoms with E-state index < -0.39 is 18.9 Å². The fourth-order valence-corrected chi connectivity index (χ4v) is 2.47. The Bertz CT molecular complexity index is 462. The number of ether oxygens (including phenoxy) is 1. The number of hydrogen-bond donors (Lipinski definition) is 1. The van der Waals surface area contributed by atoms with Crippen LogP contribution < -0.4 is 5.32 Å². The molecule has 0 aliphatic heterocycles. The van der Waals surface area contributed by atoms with Crippen molar-refractivity contribution in [3.63, 3.8) is 0 Å². The number of benzene rings is 1. The Hall–Kier alpha value is -1.56. The van der Waals surface area contributed by atoms with Crippen molar-refractivity contribution in [2.45, 2.75) is 38.1 Å². The highest BCUT2D eigenvalue weighted by Gasteiger charge is 2.34. The summed E-state index contributed by atoms with van der Waals surface area (Å²) < 4.78 is 41.0. The minimum atomic E-state index is -4.31. The largest absolute Gasteiger partial charge is 0.411 e. The van der Waals surface area contributed by atoms with Gasteiger partial charge < -0.3 is 10.1 Å². The molecule has 2 atom stereocenters. The van der Waals surface area contributed by atoms with Crippen molar-refractivity contribution in [2.24, 2.45) is 5.92 Å². The minimum absolute atomic E-state index is 0.114. The zero-order valence-electron chi connectivity index (χ0n) is 11.5. The second kappa shape index (κ2) is 6.93. The molecule has 0 spiro atoms. The van der Waals surface area contributed by atoms with Gasteiger partial charge in [-0.1, -0.05) is 30.3 Å². The molecule has 6 heteroatoms. The Morgan fingerprint density at radius 2 is 1.95 bits per heavy atom. The van der Waals surface area contributed by atoms with E-state index in [2.05, 4.69) is 5.32 Å². The van der Waals surface area contributed by atoms with Crippen molar-refractivity contribution >= 4 is 5.91 Å². The summed E-state index contributed by atoms with van der Waals surface area (Å²) >= 11 is 0. The molecule has 1 aliphatic carbocycles. The van der Waals surface area contributed by atoms with Crippen molar-refractivity contribution in [1.82, 2.24) is 5.32 Å². The molecule has 0 bridgehead atoms. The number of hydrogen-bond acceptors (Lipinski definition) is 2. The van der Waals surface area contributed by atoms with Crippen LogP contribution in [0.25, 0.3) is 0 Å². The zero-order chi connectivity index (χ0) is 15.3. The van der Waals surface area contributed by atoms with Crippen LogP contribution >= 0.6 is 0 Å². The van der Waals surface area contributed by atoms with Gasteiger partial charge in [0.05, 0.1) is 6.10 Å². The predicted octanol–water partition coefficient (Wildman–Crippen LogP) is 3.05. The van der Waals surface area contributed by atoms with Gasteiger partial charge in [-0.3, -0.25) is 4.79 Å². The second-order valence-corrected chi connectivity index (χ2v) is 5.26. The van der Waals surface area contributed by atoms with Gasteiger partial charge in [0.15, 0.2) is 0 Å². The van der Waals surface area contributed by atoms with E-state index in [1.165, 1.54) is 0 Å². The lowest BCUT2D eigenvalue weighted by Gasteiger charge is -2.14. The molecule has 21 heavy (non-hydrogen) atoms. The van der Waals surface area contributed by atoms with E-state index in [-0.39, 0.29) is 11.8 Å². The molecule has 2 rings (SSSR count). The molecule has 1 fully saturated rings. The molecule has 0 radical (unpaired) electrons. The van der Waals surface area contributed by atoms with Gasteiger partial charge in [0.2, 0.25) is 5.91 Å². The van der Waals surface area contributed by atoms with Gasteiger partial charge in [-0.15, -0.1) is 0 Å². The molecule has 0 saturated heterocycles. The van der Waals surface area contributed by atoms with Crippen LogP contribution in [-0.4, -0.2) is 24.8 Å². The van der Waals surface area contributed by atoms with Crippen LogP contribution in [0.2, 0.25) is 0 Å². The quantitative estimate of drug-likeness (QED) is 0.908. The Labute approximate surface area is 121 Å². The third kappa shape index (κ3) is 5.38. The zero-order valence-corrected chi connectivity index (χ0v) is 11.5. The van der Waals surface area contributed by atoms with E-state index in [0.29, 0.717) is 25.8 Å². The van der Waals surface area contributed by atoms with Gasteiger partial charge in [-0.25, -0.2) is 0 Å². The summed E-state index contributed by atoms with van der Waals surface area (Å²) in [6.07, 6.45) is -3.35. The first kappa shape index (κ1) is 15.8. The Morgan fingerprint density at radius 3 is 2.62 bits per heavy atom. The summed E-state index contributed by atoms with van der Waals surface area (Å²) in [6.45, 7) is -0.805. The minimum Gasteiger partial charge on any atom is -0.369 e. The van der Waals surface area contributed by atoms with Gasteiger partial charge in [0.25, 0.3) is 0 Å². The number of halogens is 3. The first-order valence-corrected chi connectivity index (χ1v) is 6.94. The number of alkyl halides is 3. The monoisotopic (exact) mass is 301 g/mol. The van der Waals surface area contributed by atoms with Gasteiger partial charge in [0, 0.05) is 12.5 Å². The topological polar surface area (TPSA) is 38.3 Å². The van der Waals surface area contributed by atoms with Crippen LogP contribution in [0.15, 0.2) is 30.3 Å². The molecule has 0 aromatic heterocycles. The van der Waals surface area contributed by atoms with Crippen molar-refractivity contribution in [3.05, 3.63) is 35.9 Å². The molecule has 3 nitrogen and oxygen atoms in total. The lowest BCUT2D eigenvalue weighted by Crippen LogP contribution is -2.29. The number of carbonyl (C=O) groups excluding carboxylic acids is 1. The lowest BCUT2D eigenvalue weighted by atomic mass is 10.1. The highest BCUT2D eigenvalue weighted by atomic mass is 19.4. The van der Waals surface area contributed by atoms with Crippen LogP contribution in [0.1, 0.15) is 24.8 Å². The lowest BCUT2D eigenvalue weighted by molar-refractivity contribution is -0.184. The summed E-state index contributed by atoms with van der Waals surface area (Å²) in [5.74, 6) is -0.371. The molecular weight excluding hydrogens is 283 g/mol. The number of amides is 1. The highest BCUT2D eigenvalue weighted by molar-refractivity contribution is 5.78. The fraction of sp³-hybridized carbons (Fsp3) is 0.533. The Morgan fingerprint density at radius 1 is 1.24 bits per heavy atom. The van der Waals surface area contributed by atoms with E-state index in [1.807, 2.05) is 30.3 Å². The summed E-state index contributed by atoms with van der Waals surface area (Å²) in [7, 11) is 0. The summed E-state index contributed by atoms with van der Waals surface area (Å²) in [5, 5.41) is 2.82. The Balaban J connectivity index is 1.72. The van der Waals surface area contributed by atoms with Gasteiger partial charge in [-0.05, 0) is 24.8 Å². The molecule has 0 heterocycles. The number of carbonyl (C=O) groups is 1. The smallest absolute Gasteiger partial charge is 0.369 e. The molecular formula is C15H18F3NO2. The first-order chi connectivity index (χ1) is 9.94. The predicted molar refractivity (Wildman–Crippen MR) is 71.4 cm³/mol. The Kier molecular flexibility index (Phi) is 5.22. The molecule has 1 aromatic carbocycles. The van der Waals surface area contributed by atoms with E-state index in [0.717, 1.165) is 5.56 Å². The molecule has 1 N–H and O–H groups in total. The van der Waals surface area contributed by atoms with Crippen LogP contribution in [-0.2, 0) is 16.1 Å². The third-order valence-corrected chi connectivity index (χ3v) is 3.55. The van der Waals surface area contributed by atoms with Crippen LogP contribution in [0.4, 0.5) is 13.2 Å². The summed E-state index contributed by atoms with van der Waals surface area (Å²) in [6, 6.07) is 9.48. The van der Waals surface area contributed by atoms with E-state index in [9.17, 15) is 18.0 Å². The van der Waals surface area contributed by atoms with E-state index in [4.69, 9.17) is 4.74 Å². The average molecular weight is 301 g/mol. The maximum absolute atomic E-state index is 12.1. The van der Waals surface area contributed by atoms with Crippen molar-refractivity contribution < 1.29 is 22.7 Å². The molecule has 116 valence electrons. The van der Waals surface area contributed by atoms with Gasteiger partial charge >= 0.3 is 6.18 Å². The summed E-state index contributed by atoms with van der Waals surface area (Å²) in [5.41, 5.74) is 0.994. The molecule has 2 unspecified atom stereocenters. The van der Waals surface area contributed by atoms with Crippen LogP contribution in [0.5, 0.6) is 0 Å². The maximum Gasteiger partial charge on any atom is 0.411 e. The maximum atomic E-state index is 12.1. The van der Waals surface area contributed by atoms with E-state index in [1.54, 1.807) is 0 Å². The third-order valence-electron chi connectivity index (χ3n) is 3.55. The van der Waals surface area contributed by atoms with E-state index >= 15 is 0 Å². The molecule has 1 aromatic rings. The standard InChI is InChI=1S/C15H18F3NO2/c16-15(17,18)10-21-13-7-6-12(8-13)14(20)19-9-11-4-2-1-3-5-11/h1-5,12-13H,6-10H2,(H,19,20). The van der Waals surface area contributed by atoms with Crippen molar-refractivity contribution in [1.29, 1.82) is 0 Å². The normalized spacial score (nSPS) is 22.2. The SMILES string of the molecule is O=C(NCc1ccccc1)C1CCC(OCC(F)(F)F)C1. The second-order valence-electron chi connectivity index (χ2n) is 5.26. The van der Waals surface area contributed by atoms with Gasteiger partial charge in [-0.2, -0.15) is 13.2 Å². The van der Waals surface area contributed by atoms with Crippen molar-refractivity contribution in [3.8, 4) is 0 Å². The number of nitrogens with one attached hydrogen (secondary N) is 1. The molecule has 1 aliphatic rings.